The molecule has 1 N–H and O–H groups in total. The quantitative estimate of drug-likeness (QED) is 0.670. The number of unbranched alkanes of at least 4 members (excludes halogenated alkanes) is 2. The van der Waals surface area contributed by atoms with Crippen LogP contribution in [0.3, 0.4) is 0 Å². The van der Waals surface area contributed by atoms with Crippen LogP contribution in [0, 0.1) is 0 Å². The van der Waals surface area contributed by atoms with Crippen LogP contribution >= 0.6 is 0 Å². The summed E-state index contributed by atoms with van der Waals surface area (Å²) in [5.74, 6) is 0.619. The van der Waals surface area contributed by atoms with Crippen molar-refractivity contribution >= 4 is 5.91 Å². The number of hydrogen-bond donors (Lipinski definition) is 1. The normalized spacial score (nSPS) is 10.7. The zero-order valence-electron chi connectivity index (χ0n) is 14.9. The third-order valence-electron chi connectivity index (χ3n) is 3.92. The maximum atomic E-state index is 12.3. The molecule has 1 aromatic carbocycles. The topological polar surface area (TPSA) is 56.1 Å². The molecule has 0 radical (unpaired) electrons. The van der Waals surface area contributed by atoms with Crippen LogP contribution in [-0.2, 0) is 20.0 Å². The first-order valence-electron chi connectivity index (χ1n) is 8.73. The van der Waals surface area contributed by atoms with E-state index in [1.54, 1.807) is 11.7 Å². The summed E-state index contributed by atoms with van der Waals surface area (Å²) in [6.07, 6.45) is 3.05. The molecule has 0 fully saturated rings. The second kappa shape index (κ2) is 9.81. The molecule has 0 aliphatic carbocycles. The number of halogens is 1. The SMILES string of the molecule is CCc1cc(C(=O)NCc2cccc(OCCCCCF)c2)n(C)n1. The van der Waals surface area contributed by atoms with Gasteiger partial charge in [-0.2, -0.15) is 5.10 Å². The van der Waals surface area contributed by atoms with Gasteiger partial charge in [-0.15, -0.1) is 0 Å². The van der Waals surface area contributed by atoms with Crippen molar-refractivity contribution in [1.29, 1.82) is 0 Å². The van der Waals surface area contributed by atoms with Crippen molar-refractivity contribution in [2.45, 2.75) is 39.2 Å². The molecule has 1 amide bonds. The molecule has 0 saturated heterocycles. The lowest BCUT2D eigenvalue weighted by molar-refractivity contribution is 0.0941. The fraction of sp³-hybridized carbons (Fsp3) is 0.474. The van der Waals surface area contributed by atoms with Crippen LogP contribution in [0.4, 0.5) is 4.39 Å². The number of amides is 1. The van der Waals surface area contributed by atoms with Gasteiger partial charge in [-0.05, 0) is 49.4 Å². The van der Waals surface area contributed by atoms with Gasteiger partial charge in [0.1, 0.15) is 11.4 Å². The number of nitrogens with one attached hydrogen (secondary N) is 1. The van der Waals surface area contributed by atoms with E-state index in [0.29, 0.717) is 25.3 Å². The first-order valence-corrected chi connectivity index (χ1v) is 8.73. The highest BCUT2D eigenvalue weighted by atomic mass is 19.1. The van der Waals surface area contributed by atoms with E-state index in [9.17, 15) is 9.18 Å². The summed E-state index contributed by atoms with van der Waals surface area (Å²) >= 11 is 0. The van der Waals surface area contributed by atoms with Gasteiger partial charge in [0.15, 0.2) is 0 Å². The largest absolute Gasteiger partial charge is 0.494 e. The predicted octanol–water partition coefficient (Wildman–Crippen LogP) is 3.43. The molecule has 0 atom stereocenters. The molecule has 1 aromatic heterocycles. The minimum Gasteiger partial charge on any atom is -0.494 e. The van der Waals surface area contributed by atoms with Crippen LogP contribution in [-0.4, -0.2) is 29.0 Å². The molecule has 6 heteroatoms. The van der Waals surface area contributed by atoms with Gasteiger partial charge in [0.25, 0.3) is 5.91 Å². The summed E-state index contributed by atoms with van der Waals surface area (Å²) in [4.78, 5) is 12.3. The number of benzene rings is 1. The standard InChI is InChI=1S/C19H26FN3O2/c1-3-16-13-18(23(2)22-16)19(24)21-14-15-8-7-9-17(12-15)25-11-6-4-5-10-20/h7-9,12-13H,3-6,10-11,14H2,1-2H3,(H,21,24). The molecule has 0 aliphatic heterocycles. The molecule has 0 aliphatic rings. The van der Waals surface area contributed by atoms with Gasteiger partial charge in [-0.25, -0.2) is 0 Å². The fourth-order valence-electron chi connectivity index (χ4n) is 2.49. The minimum atomic E-state index is -0.272. The maximum absolute atomic E-state index is 12.3. The summed E-state index contributed by atoms with van der Waals surface area (Å²) in [7, 11) is 1.77. The molecular formula is C19H26FN3O2. The van der Waals surface area contributed by atoms with E-state index in [1.807, 2.05) is 37.3 Å². The van der Waals surface area contributed by atoms with Crippen LogP contribution in [0.25, 0.3) is 0 Å². The molecule has 0 saturated carbocycles. The Morgan fingerprint density at radius 1 is 1.28 bits per heavy atom. The number of nitrogens with zero attached hydrogens (tertiary/aromatic N) is 2. The highest BCUT2D eigenvalue weighted by Crippen LogP contribution is 2.14. The van der Waals surface area contributed by atoms with Gasteiger partial charge in [0.05, 0.1) is 19.0 Å². The van der Waals surface area contributed by atoms with Crippen molar-refractivity contribution < 1.29 is 13.9 Å². The first-order chi connectivity index (χ1) is 12.1. The lowest BCUT2D eigenvalue weighted by Gasteiger charge is -2.09. The molecule has 0 spiro atoms. The molecule has 2 aromatic rings. The van der Waals surface area contributed by atoms with Crippen molar-refractivity contribution in [1.82, 2.24) is 15.1 Å². The number of hydrogen-bond acceptors (Lipinski definition) is 3. The number of alkyl halides is 1. The van der Waals surface area contributed by atoms with Crippen LogP contribution in [0.1, 0.15) is 47.9 Å². The van der Waals surface area contributed by atoms with E-state index in [2.05, 4.69) is 10.4 Å². The van der Waals surface area contributed by atoms with Gasteiger partial charge in [-0.3, -0.25) is 13.9 Å². The highest BCUT2D eigenvalue weighted by Gasteiger charge is 2.12. The Bertz CT molecular complexity index is 685. The summed E-state index contributed by atoms with van der Waals surface area (Å²) in [5.41, 5.74) is 2.42. The van der Waals surface area contributed by atoms with E-state index in [4.69, 9.17) is 4.74 Å². The second-order valence-electron chi connectivity index (χ2n) is 5.93. The monoisotopic (exact) mass is 347 g/mol. The van der Waals surface area contributed by atoms with Crippen molar-refractivity contribution in [3.63, 3.8) is 0 Å². The minimum absolute atomic E-state index is 0.146. The van der Waals surface area contributed by atoms with Crippen LogP contribution < -0.4 is 10.1 Å². The van der Waals surface area contributed by atoms with Crippen LogP contribution in [0.5, 0.6) is 5.75 Å². The van der Waals surface area contributed by atoms with Gasteiger partial charge in [-0.1, -0.05) is 19.1 Å². The zero-order chi connectivity index (χ0) is 18.1. The number of ether oxygens (including phenoxy) is 1. The summed E-state index contributed by atoms with van der Waals surface area (Å²) in [6, 6.07) is 9.45. The molecule has 25 heavy (non-hydrogen) atoms. The Balaban J connectivity index is 1.84. The molecule has 0 bridgehead atoms. The smallest absolute Gasteiger partial charge is 0.269 e. The summed E-state index contributed by atoms with van der Waals surface area (Å²) in [6.45, 7) is 2.73. The average Bonchev–Trinajstić information content (AvgIpc) is 3.01. The number of carbonyl (C=O) groups is 1. The van der Waals surface area contributed by atoms with Gasteiger partial charge in [0.2, 0.25) is 0 Å². The lowest BCUT2D eigenvalue weighted by Crippen LogP contribution is -2.25. The first kappa shape index (κ1) is 19.0. The van der Waals surface area contributed by atoms with Crippen LogP contribution in [0.2, 0.25) is 0 Å². The van der Waals surface area contributed by atoms with Crippen molar-refractivity contribution in [2.24, 2.45) is 7.05 Å². The van der Waals surface area contributed by atoms with Crippen molar-refractivity contribution in [3.05, 3.63) is 47.3 Å². The predicted molar refractivity (Wildman–Crippen MR) is 95.5 cm³/mol. The van der Waals surface area contributed by atoms with E-state index >= 15 is 0 Å². The van der Waals surface area contributed by atoms with E-state index in [0.717, 1.165) is 36.3 Å². The van der Waals surface area contributed by atoms with Crippen molar-refractivity contribution in [3.8, 4) is 5.75 Å². The summed E-state index contributed by atoms with van der Waals surface area (Å²) in [5, 5.41) is 7.19. The number of rotatable bonds is 10. The molecule has 0 unspecified atom stereocenters. The van der Waals surface area contributed by atoms with Crippen molar-refractivity contribution in [2.75, 3.05) is 13.3 Å². The Kier molecular flexibility index (Phi) is 7.44. The van der Waals surface area contributed by atoms with Gasteiger partial charge >= 0.3 is 0 Å². The Morgan fingerprint density at radius 2 is 2.12 bits per heavy atom. The molecule has 2 rings (SSSR count). The third kappa shape index (κ3) is 5.89. The van der Waals surface area contributed by atoms with Gasteiger partial charge < -0.3 is 10.1 Å². The Morgan fingerprint density at radius 3 is 2.84 bits per heavy atom. The number of aryl methyl sites for hydroxylation is 2. The summed E-state index contributed by atoms with van der Waals surface area (Å²) < 4.78 is 19.3. The second-order valence-corrected chi connectivity index (χ2v) is 5.93. The molecule has 136 valence electrons. The maximum Gasteiger partial charge on any atom is 0.269 e. The molecular weight excluding hydrogens is 321 g/mol. The molecule has 5 nitrogen and oxygen atoms in total. The number of carbonyl (C=O) groups excluding carboxylic acids is 1. The van der Waals surface area contributed by atoms with E-state index < -0.39 is 0 Å². The average molecular weight is 347 g/mol. The lowest BCUT2D eigenvalue weighted by atomic mass is 10.2. The molecule has 1 heterocycles. The fourth-order valence-corrected chi connectivity index (χ4v) is 2.49. The van der Waals surface area contributed by atoms with Crippen LogP contribution in [0.15, 0.2) is 30.3 Å². The van der Waals surface area contributed by atoms with E-state index in [1.165, 1.54) is 0 Å². The zero-order valence-corrected chi connectivity index (χ0v) is 14.9. The third-order valence-corrected chi connectivity index (χ3v) is 3.92. The number of aromatic nitrogens is 2. The van der Waals surface area contributed by atoms with Gasteiger partial charge in [0, 0.05) is 13.6 Å². The Hall–Kier alpha value is -2.37. The Labute approximate surface area is 148 Å². The van der Waals surface area contributed by atoms with E-state index in [-0.39, 0.29) is 12.6 Å². The highest BCUT2D eigenvalue weighted by molar-refractivity contribution is 5.92.